The summed E-state index contributed by atoms with van der Waals surface area (Å²) in [5, 5.41) is 6.87. The molecule has 1 aliphatic heterocycles. The number of carbonyl (C=O) groups is 1. The molecular weight excluding hydrogens is 424 g/mol. The van der Waals surface area contributed by atoms with Crippen LogP contribution in [0.25, 0.3) is 0 Å². The van der Waals surface area contributed by atoms with Gasteiger partial charge >= 0.3 is 0 Å². The van der Waals surface area contributed by atoms with Gasteiger partial charge in [-0.3, -0.25) is 4.79 Å². The van der Waals surface area contributed by atoms with Crippen molar-refractivity contribution in [3.8, 4) is 11.5 Å². The van der Waals surface area contributed by atoms with E-state index in [2.05, 4.69) is 53.1 Å². The molecule has 0 unspecified atom stereocenters. The molecule has 2 bridgehead atoms. The molecule has 2 saturated carbocycles. The van der Waals surface area contributed by atoms with Gasteiger partial charge in [0, 0.05) is 17.3 Å². The van der Waals surface area contributed by atoms with Crippen LogP contribution in [0.2, 0.25) is 0 Å². The topological polar surface area (TPSA) is 59.6 Å². The Morgan fingerprint density at radius 3 is 2.56 bits per heavy atom. The maximum absolute atomic E-state index is 13.2. The highest BCUT2D eigenvalue weighted by molar-refractivity contribution is 6.05. The van der Waals surface area contributed by atoms with E-state index in [1.165, 1.54) is 36.1 Å². The molecule has 0 aromatic heterocycles. The SMILES string of the molecule is COc1ccc(NC(=O)c2ccc3c(c2)[C@@H]2[C@H]4CC[C@@H](C4)[C@@H]2[C@H](c2ccccc2)N3)c(OC)c1. The largest absolute Gasteiger partial charge is 0.497 e. The van der Waals surface area contributed by atoms with Crippen molar-refractivity contribution in [2.75, 3.05) is 24.9 Å². The summed E-state index contributed by atoms with van der Waals surface area (Å²) in [7, 11) is 3.20. The van der Waals surface area contributed by atoms with Crippen molar-refractivity contribution in [2.45, 2.75) is 31.2 Å². The molecule has 2 fully saturated rings. The Balaban J connectivity index is 1.32. The van der Waals surface area contributed by atoms with Gasteiger partial charge in [0.25, 0.3) is 5.91 Å². The van der Waals surface area contributed by atoms with Gasteiger partial charge < -0.3 is 20.1 Å². The second kappa shape index (κ2) is 8.39. The fraction of sp³-hybridized carbons (Fsp3) is 0.345. The number of nitrogens with one attached hydrogen (secondary N) is 2. The average Bonchev–Trinajstić information content (AvgIpc) is 3.51. The number of anilines is 2. The van der Waals surface area contributed by atoms with Crippen LogP contribution < -0.4 is 20.1 Å². The molecule has 34 heavy (non-hydrogen) atoms. The maximum Gasteiger partial charge on any atom is 0.255 e. The summed E-state index contributed by atoms with van der Waals surface area (Å²) in [4.78, 5) is 13.2. The third-order valence-electron chi connectivity index (χ3n) is 8.16. The van der Waals surface area contributed by atoms with Crippen LogP contribution >= 0.6 is 0 Å². The number of amides is 1. The third kappa shape index (κ3) is 3.42. The van der Waals surface area contributed by atoms with Crippen molar-refractivity contribution in [3.05, 3.63) is 83.4 Å². The molecule has 5 atom stereocenters. The van der Waals surface area contributed by atoms with Crippen molar-refractivity contribution < 1.29 is 14.3 Å². The summed E-state index contributed by atoms with van der Waals surface area (Å²) in [6.45, 7) is 0. The molecule has 1 amide bonds. The number of hydrogen-bond donors (Lipinski definition) is 2. The second-order valence-electron chi connectivity index (χ2n) is 9.79. The molecule has 3 aliphatic rings. The molecule has 3 aromatic carbocycles. The molecular formula is C29H30N2O3. The van der Waals surface area contributed by atoms with E-state index < -0.39 is 0 Å². The molecule has 2 N–H and O–H groups in total. The van der Waals surface area contributed by atoms with Crippen molar-refractivity contribution in [2.24, 2.45) is 17.8 Å². The van der Waals surface area contributed by atoms with E-state index in [-0.39, 0.29) is 5.91 Å². The first kappa shape index (κ1) is 21.1. The lowest BCUT2D eigenvalue weighted by Crippen LogP contribution is -2.35. The quantitative estimate of drug-likeness (QED) is 0.478. The van der Waals surface area contributed by atoms with E-state index in [0.717, 1.165) is 5.92 Å². The molecule has 5 nitrogen and oxygen atoms in total. The van der Waals surface area contributed by atoms with E-state index in [0.29, 0.717) is 46.5 Å². The van der Waals surface area contributed by atoms with Gasteiger partial charge in [-0.15, -0.1) is 0 Å². The van der Waals surface area contributed by atoms with Crippen molar-refractivity contribution in [1.82, 2.24) is 0 Å². The van der Waals surface area contributed by atoms with E-state index in [1.54, 1.807) is 20.3 Å². The first-order valence-corrected chi connectivity index (χ1v) is 12.1. The molecule has 2 aliphatic carbocycles. The van der Waals surface area contributed by atoms with Crippen LogP contribution in [0.1, 0.15) is 52.7 Å². The lowest BCUT2D eigenvalue weighted by atomic mass is 9.68. The molecule has 3 aromatic rings. The fourth-order valence-electron chi connectivity index (χ4n) is 6.71. The Hall–Kier alpha value is -3.47. The van der Waals surface area contributed by atoms with Crippen LogP contribution in [0.15, 0.2) is 66.7 Å². The summed E-state index contributed by atoms with van der Waals surface area (Å²) in [5.41, 5.74) is 5.15. The van der Waals surface area contributed by atoms with Crippen molar-refractivity contribution in [3.63, 3.8) is 0 Å². The monoisotopic (exact) mass is 454 g/mol. The average molecular weight is 455 g/mol. The lowest BCUT2D eigenvalue weighted by Gasteiger charge is -2.43. The van der Waals surface area contributed by atoms with Gasteiger partial charge in [0.15, 0.2) is 0 Å². The maximum atomic E-state index is 13.2. The Morgan fingerprint density at radius 1 is 0.941 bits per heavy atom. The van der Waals surface area contributed by atoms with Crippen LogP contribution in [-0.2, 0) is 0 Å². The lowest BCUT2D eigenvalue weighted by molar-refractivity contribution is 0.102. The third-order valence-corrected chi connectivity index (χ3v) is 8.16. The number of ether oxygens (including phenoxy) is 2. The van der Waals surface area contributed by atoms with Crippen LogP contribution in [0.5, 0.6) is 11.5 Å². The zero-order chi connectivity index (χ0) is 23.2. The Morgan fingerprint density at radius 2 is 1.76 bits per heavy atom. The Kier molecular flexibility index (Phi) is 5.20. The molecule has 1 heterocycles. The summed E-state index contributed by atoms with van der Waals surface area (Å²) in [6.07, 6.45) is 3.93. The van der Waals surface area contributed by atoms with Gasteiger partial charge in [0.05, 0.1) is 25.9 Å². The predicted octanol–water partition coefficient (Wildman–Crippen LogP) is 6.25. The molecule has 6 rings (SSSR count). The Labute approximate surface area is 200 Å². The molecule has 0 radical (unpaired) electrons. The van der Waals surface area contributed by atoms with Gasteiger partial charge in [-0.05, 0) is 84.4 Å². The summed E-state index contributed by atoms with van der Waals surface area (Å²) in [5.74, 6) is 3.67. The van der Waals surface area contributed by atoms with Gasteiger partial charge in [0.2, 0.25) is 0 Å². The zero-order valence-electron chi connectivity index (χ0n) is 19.6. The molecule has 0 spiro atoms. The number of rotatable bonds is 5. The van der Waals surface area contributed by atoms with Gasteiger partial charge in [-0.1, -0.05) is 30.3 Å². The minimum absolute atomic E-state index is 0.129. The van der Waals surface area contributed by atoms with Crippen LogP contribution in [0, 0.1) is 17.8 Å². The molecule has 0 saturated heterocycles. The zero-order valence-corrected chi connectivity index (χ0v) is 19.6. The molecule has 174 valence electrons. The number of carbonyl (C=O) groups excluding carboxylic acids is 1. The van der Waals surface area contributed by atoms with E-state index in [4.69, 9.17) is 9.47 Å². The molecule has 5 heteroatoms. The minimum Gasteiger partial charge on any atom is -0.497 e. The number of benzene rings is 3. The van der Waals surface area contributed by atoms with Crippen LogP contribution in [0.4, 0.5) is 11.4 Å². The van der Waals surface area contributed by atoms with Crippen molar-refractivity contribution in [1.29, 1.82) is 0 Å². The van der Waals surface area contributed by atoms with Crippen molar-refractivity contribution >= 4 is 17.3 Å². The first-order chi connectivity index (χ1) is 16.7. The normalized spacial score (nSPS) is 26.2. The minimum atomic E-state index is -0.129. The number of fused-ring (bicyclic) bond motifs is 7. The van der Waals surface area contributed by atoms with E-state index in [1.807, 2.05) is 18.2 Å². The highest BCUT2D eigenvalue weighted by atomic mass is 16.5. The highest BCUT2D eigenvalue weighted by Crippen LogP contribution is 2.63. The second-order valence-corrected chi connectivity index (χ2v) is 9.79. The van der Waals surface area contributed by atoms with E-state index >= 15 is 0 Å². The Bertz CT molecular complexity index is 1230. The van der Waals surface area contributed by atoms with E-state index in [9.17, 15) is 4.79 Å². The van der Waals surface area contributed by atoms with Crippen LogP contribution in [0.3, 0.4) is 0 Å². The van der Waals surface area contributed by atoms with Gasteiger partial charge in [-0.2, -0.15) is 0 Å². The highest BCUT2D eigenvalue weighted by Gasteiger charge is 2.53. The predicted molar refractivity (Wildman–Crippen MR) is 134 cm³/mol. The fourth-order valence-corrected chi connectivity index (χ4v) is 6.71. The summed E-state index contributed by atoms with van der Waals surface area (Å²) in [6, 6.07) is 22.7. The number of hydrogen-bond acceptors (Lipinski definition) is 4. The first-order valence-electron chi connectivity index (χ1n) is 12.1. The van der Waals surface area contributed by atoms with Gasteiger partial charge in [-0.25, -0.2) is 0 Å². The smallest absolute Gasteiger partial charge is 0.255 e. The summed E-state index contributed by atoms with van der Waals surface area (Å²) < 4.78 is 10.7. The van der Waals surface area contributed by atoms with Crippen LogP contribution in [-0.4, -0.2) is 20.1 Å². The standard InChI is InChI=1S/C29H30N2O3/c1-33-21-11-13-24(25(16-21)34-2)31-29(32)20-10-12-23-22(15-20)26-18-8-9-19(14-18)27(26)28(30-23)17-6-4-3-5-7-17/h3-7,10-13,15-16,18-19,26-28,30H,8-9,14H2,1-2H3,(H,31,32)/t18-,19-,26-,27-,28-/m0/s1. The number of methoxy groups -OCH3 is 2. The summed E-state index contributed by atoms with van der Waals surface area (Å²) >= 11 is 0. The van der Waals surface area contributed by atoms with Gasteiger partial charge in [0.1, 0.15) is 11.5 Å².